The van der Waals surface area contributed by atoms with Gasteiger partial charge in [-0.25, -0.2) is 15.0 Å². The summed E-state index contributed by atoms with van der Waals surface area (Å²) in [6.45, 7) is 1.83. The fourth-order valence-electron chi connectivity index (χ4n) is 4.84. The van der Waals surface area contributed by atoms with E-state index in [4.69, 9.17) is 11.6 Å². The smallest absolute Gasteiger partial charge is 0.263 e. The maximum atomic E-state index is 14.3. The van der Waals surface area contributed by atoms with Crippen molar-refractivity contribution in [2.45, 2.75) is 13.0 Å². The van der Waals surface area contributed by atoms with Crippen molar-refractivity contribution in [1.82, 2.24) is 24.5 Å². The summed E-state index contributed by atoms with van der Waals surface area (Å²) < 4.78 is 15.6. The Labute approximate surface area is 225 Å². The van der Waals surface area contributed by atoms with Crippen molar-refractivity contribution >= 4 is 39.2 Å². The number of benzene rings is 2. The molecule has 39 heavy (non-hydrogen) atoms. The van der Waals surface area contributed by atoms with Crippen molar-refractivity contribution in [3.05, 3.63) is 123 Å². The molecule has 4 heterocycles. The first kappa shape index (κ1) is 24.4. The number of nitrogens with one attached hydrogen (secondary N) is 2. The molecule has 1 atom stereocenters. The Morgan fingerprint density at radius 1 is 0.974 bits per heavy atom. The second-order valence-electron chi connectivity index (χ2n) is 8.92. The first-order chi connectivity index (χ1) is 18.9. The summed E-state index contributed by atoms with van der Waals surface area (Å²) in [4.78, 5) is 42.0. The largest absolute Gasteiger partial charge is 0.361 e. The number of H-pyrrole nitrogens is 1. The molecule has 0 amide bonds. The summed E-state index contributed by atoms with van der Waals surface area (Å²) in [6.07, 6.45) is 4.22. The van der Waals surface area contributed by atoms with Gasteiger partial charge in [-0.1, -0.05) is 48.0 Å². The van der Waals surface area contributed by atoms with Crippen LogP contribution in [0, 0.1) is 5.95 Å². The van der Waals surface area contributed by atoms with E-state index >= 15 is 0 Å². The molecule has 4 aromatic heterocycles. The monoisotopic (exact) mass is 538 g/mol. The standard InChI is InChI=1S/C29H20ClFN6O2/c1-16(36-28-24-21(38)11-13-33-27(24)34-15-35-28)26-25(30)20-9-5-8-19(17-10-12-32-22(31)14-17)23(20)29(39)37(26)18-6-3-2-4-7-18/h2-16H,1H3,(H2,33,34,35,36,38)/t16-/m0/s1. The van der Waals surface area contributed by atoms with E-state index in [9.17, 15) is 14.0 Å². The van der Waals surface area contributed by atoms with E-state index in [1.54, 1.807) is 36.4 Å². The molecule has 6 rings (SSSR count). The van der Waals surface area contributed by atoms with Gasteiger partial charge in [-0.05, 0) is 36.2 Å². The van der Waals surface area contributed by atoms with Crippen molar-refractivity contribution in [2.75, 3.05) is 5.32 Å². The number of nitrogens with zero attached hydrogens (tertiary/aromatic N) is 4. The molecule has 2 N–H and O–H groups in total. The SMILES string of the molecule is C[C@H](Nc1ncnc2[nH]ccc(=O)c12)c1c(Cl)c2cccc(-c3ccnc(F)c3)c2c(=O)n1-c1ccccc1. The molecule has 192 valence electrons. The molecule has 0 saturated heterocycles. The zero-order chi connectivity index (χ0) is 27.1. The van der Waals surface area contributed by atoms with E-state index in [0.717, 1.165) is 0 Å². The fourth-order valence-corrected chi connectivity index (χ4v) is 5.25. The minimum absolute atomic E-state index is 0.252. The highest BCUT2D eigenvalue weighted by atomic mass is 35.5. The molecule has 0 bridgehead atoms. The molecule has 2 aromatic carbocycles. The highest BCUT2D eigenvalue weighted by molar-refractivity contribution is 6.36. The van der Waals surface area contributed by atoms with Gasteiger partial charge in [0.05, 0.1) is 22.1 Å². The number of aromatic nitrogens is 5. The number of fused-ring (bicyclic) bond motifs is 2. The minimum Gasteiger partial charge on any atom is -0.361 e. The van der Waals surface area contributed by atoms with Crippen LogP contribution in [0.1, 0.15) is 18.7 Å². The minimum atomic E-state index is -0.652. The Morgan fingerprint density at radius 3 is 2.59 bits per heavy atom. The molecule has 0 aliphatic carbocycles. The molecule has 0 radical (unpaired) electrons. The highest BCUT2D eigenvalue weighted by Gasteiger charge is 2.24. The quantitative estimate of drug-likeness (QED) is 0.275. The van der Waals surface area contributed by atoms with Crippen molar-refractivity contribution in [1.29, 1.82) is 0 Å². The number of aromatic amines is 1. The zero-order valence-electron chi connectivity index (χ0n) is 20.5. The van der Waals surface area contributed by atoms with Crippen LogP contribution in [-0.2, 0) is 0 Å². The van der Waals surface area contributed by atoms with Crippen LogP contribution in [0.4, 0.5) is 10.2 Å². The summed E-state index contributed by atoms with van der Waals surface area (Å²) in [5.74, 6) is -0.348. The van der Waals surface area contributed by atoms with Crippen LogP contribution < -0.4 is 16.3 Å². The summed E-state index contributed by atoms with van der Waals surface area (Å²) in [7, 11) is 0. The predicted octanol–water partition coefficient (Wildman–Crippen LogP) is 5.65. The van der Waals surface area contributed by atoms with Crippen LogP contribution in [0.15, 0.2) is 95.0 Å². The van der Waals surface area contributed by atoms with Crippen LogP contribution in [0.3, 0.4) is 0 Å². The van der Waals surface area contributed by atoms with E-state index in [-0.39, 0.29) is 11.0 Å². The van der Waals surface area contributed by atoms with Gasteiger partial charge < -0.3 is 10.3 Å². The van der Waals surface area contributed by atoms with Gasteiger partial charge in [0.1, 0.15) is 23.2 Å². The van der Waals surface area contributed by atoms with Gasteiger partial charge >= 0.3 is 0 Å². The van der Waals surface area contributed by atoms with Crippen molar-refractivity contribution < 1.29 is 4.39 Å². The molecule has 0 aliphatic rings. The van der Waals surface area contributed by atoms with Crippen LogP contribution in [0.5, 0.6) is 0 Å². The summed E-state index contributed by atoms with van der Waals surface area (Å²) in [6, 6.07) is 18.1. The van der Waals surface area contributed by atoms with Crippen molar-refractivity contribution in [2.24, 2.45) is 0 Å². The number of hydrogen-bond donors (Lipinski definition) is 2. The highest BCUT2D eigenvalue weighted by Crippen LogP contribution is 2.36. The predicted molar refractivity (Wildman–Crippen MR) is 150 cm³/mol. The second kappa shape index (κ2) is 9.77. The summed E-state index contributed by atoms with van der Waals surface area (Å²) >= 11 is 7.08. The zero-order valence-corrected chi connectivity index (χ0v) is 21.3. The molecule has 0 aliphatic heterocycles. The van der Waals surface area contributed by atoms with Crippen LogP contribution in [0.25, 0.3) is 38.6 Å². The second-order valence-corrected chi connectivity index (χ2v) is 9.30. The Hall–Kier alpha value is -4.89. The lowest BCUT2D eigenvalue weighted by Gasteiger charge is -2.24. The number of anilines is 1. The molecule has 0 saturated carbocycles. The van der Waals surface area contributed by atoms with E-state index in [1.165, 1.54) is 35.4 Å². The topological polar surface area (TPSA) is 106 Å². The van der Waals surface area contributed by atoms with Crippen LogP contribution in [0.2, 0.25) is 5.02 Å². The van der Waals surface area contributed by atoms with Gasteiger partial charge in [-0.2, -0.15) is 4.39 Å². The number of rotatable bonds is 5. The first-order valence-electron chi connectivity index (χ1n) is 12.1. The number of halogens is 2. The third kappa shape index (κ3) is 4.22. The molecular formula is C29H20ClFN6O2. The summed E-state index contributed by atoms with van der Waals surface area (Å²) in [5, 5.41) is 4.74. The maximum Gasteiger partial charge on any atom is 0.263 e. The molecular weight excluding hydrogens is 519 g/mol. The summed E-state index contributed by atoms with van der Waals surface area (Å²) in [5.41, 5.74) is 1.90. The van der Waals surface area contributed by atoms with Gasteiger partial charge in [-0.15, -0.1) is 0 Å². The Bertz CT molecular complexity index is 1990. The first-order valence-corrected chi connectivity index (χ1v) is 12.4. The Morgan fingerprint density at radius 2 is 1.79 bits per heavy atom. The van der Waals surface area contributed by atoms with Crippen LogP contribution in [-0.4, -0.2) is 24.5 Å². The van der Waals surface area contributed by atoms with Gasteiger partial charge in [-0.3, -0.25) is 14.2 Å². The van der Waals surface area contributed by atoms with Gasteiger partial charge in [0.25, 0.3) is 5.56 Å². The van der Waals surface area contributed by atoms with E-state index in [0.29, 0.717) is 55.2 Å². The van der Waals surface area contributed by atoms with E-state index in [2.05, 4.69) is 25.3 Å². The van der Waals surface area contributed by atoms with Gasteiger partial charge in [0.2, 0.25) is 5.95 Å². The molecule has 0 spiro atoms. The van der Waals surface area contributed by atoms with E-state index < -0.39 is 12.0 Å². The van der Waals surface area contributed by atoms with Gasteiger partial charge in [0, 0.05) is 35.6 Å². The Balaban J connectivity index is 1.62. The number of hydrogen-bond acceptors (Lipinski definition) is 6. The van der Waals surface area contributed by atoms with Gasteiger partial charge in [0.15, 0.2) is 5.43 Å². The average molecular weight is 539 g/mol. The molecule has 10 heteroatoms. The lowest BCUT2D eigenvalue weighted by atomic mass is 9.98. The molecule has 0 unspecified atom stereocenters. The van der Waals surface area contributed by atoms with Crippen molar-refractivity contribution in [3.8, 4) is 16.8 Å². The molecule has 8 nitrogen and oxygen atoms in total. The molecule has 0 fully saturated rings. The maximum absolute atomic E-state index is 14.3. The fraction of sp³-hybridized carbons (Fsp3) is 0.0690. The normalized spacial score (nSPS) is 12.1. The third-order valence-electron chi connectivity index (χ3n) is 6.55. The van der Waals surface area contributed by atoms with Crippen LogP contribution >= 0.6 is 11.6 Å². The molecule has 6 aromatic rings. The lowest BCUT2D eigenvalue weighted by Crippen LogP contribution is -2.27. The average Bonchev–Trinajstić information content (AvgIpc) is 2.95. The lowest BCUT2D eigenvalue weighted by molar-refractivity contribution is 0.584. The van der Waals surface area contributed by atoms with Crippen molar-refractivity contribution in [3.63, 3.8) is 0 Å². The third-order valence-corrected chi connectivity index (χ3v) is 6.94. The Kier molecular flexibility index (Phi) is 6.12. The number of pyridine rings is 3. The number of para-hydroxylation sites is 1. The van der Waals surface area contributed by atoms with E-state index in [1.807, 2.05) is 25.1 Å².